The van der Waals surface area contributed by atoms with Crippen LogP contribution in [0.25, 0.3) is 0 Å². The van der Waals surface area contributed by atoms with Gasteiger partial charge < -0.3 is 15.0 Å². The third-order valence-corrected chi connectivity index (χ3v) is 4.68. The van der Waals surface area contributed by atoms with Crippen LogP contribution in [0, 0.1) is 5.92 Å². The Morgan fingerprint density at radius 1 is 1.03 bits per heavy atom. The molecule has 1 saturated heterocycles. The van der Waals surface area contributed by atoms with Gasteiger partial charge in [-0.2, -0.15) is 0 Å². The van der Waals surface area contributed by atoms with Gasteiger partial charge in [-0.1, -0.05) is 19.9 Å². The third-order valence-electron chi connectivity index (χ3n) is 4.68. The van der Waals surface area contributed by atoms with Crippen LogP contribution in [0.15, 0.2) is 48.5 Å². The minimum Gasteiger partial charge on any atom is -0.449 e. The van der Waals surface area contributed by atoms with E-state index >= 15 is 0 Å². The Bertz CT molecular complexity index is 909. The van der Waals surface area contributed by atoms with Gasteiger partial charge in [0.05, 0.1) is 6.61 Å². The SMILES string of the molecule is CC(C)COC(=O)Nc1cccc(NC(=O)c2ccc(N3CCCCC3=O)cc2)c1. The van der Waals surface area contributed by atoms with Gasteiger partial charge in [0.15, 0.2) is 0 Å². The van der Waals surface area contributed by atoms with E-state index in [2.05, 4.69) is 10.6 Å². The largest absolute Gasteiger partial charge is 0.449 e. The van der Waals surface area contributed by atoms with Gasteiger partial charge in [0.1, 0.15) is 0 Å². The van der Waals surface area contributed by atoms with Gasteiger partial charge in [-0.15, -0.1) is 0 Å². The molecule has 0 atom stereocenters. The zero-order valence-corrected chi connectivity index (χ0v) is 17.3. The molecule has 3 rings (SSSR count). The second kappa shape index (κ2) is 9.91. The molecule has 1 aliphatic rings. The second-order valence-corrected chi connectivity index (χ2v) is 7.70. The molecule has 3 amide bonds. The first-order valence-electron chi connectivity index (χ1n) is 10.2. The zero-order chi connectivity index (χ0) is 21.5. The maximum absolute atomic E-state index is 12.6. The maximum atomic E-state index is 12.6. The number of amides is 3. The van der Waals surface area contributed by atoms with Gasteiger partial charge in [0.2, 0.25) is 5.91 Å². The Morgan fingerprint density at radius 3 is 2.40 bits per heavy atom. The Kier molecular flexibility index (Phi) is 7.06. The van der Waals surface area contributed by atoms with E-state index in [0.29, 0.717) is 36.5 Å². The molecule has 0 saturated carbocycles. The molecule has 0 radical (unpaired) electrons. The lowest BCUT2D eigenvalue weighted by atomic mass is 10.1. The average Bonchev–Trinajstić information content (AvgIpc) is 2.73. The van der Waals surface area contributed by atoms with Crippen molar-refractivity contribution < 1.29 is 19.1 Å². The number of carbonyl (C=O) groups excluding carboxylic acids is 3. The summed E-state index contributed by atoms with van der Waals surface area (Å²) in [7, 11) is 0. The lowest BCUT2D eigenvalue weighted by molar-refractivity contribution is -0.119. The molecular weight excluding hydrogens is 382 g/mol. The number of hydrogen-bond donors (Lipinski definition) is 2. The molecule has 2 N–H and O–H groups in total. The van der Waals surface area contributed by atoms with Crippen molar-refractivity contribution in [3.8, 4) is 0 Å². The van der Waals surface area contributed by atoms with Crippen LogP contribution in [0.5, 0.6) is 0 Å². The van der Waals surface area contributed by atoms with Crippen molar-refractivity contribution in [1.82, 2.24) is 0 Å². The minimum atomic E-state index is -0.532. The van der Waals surface area contributed by atoms with Crippen molar-refractivity contribution in [3.05, 3.63) is 54.1 Å². The summed E-state index contributed by atoms with van der Waals surface area (Å²) in [5.74, 6) is 0.0986. The number of piperidine rings is 1. The molecule has 158 valence electrons. The summed E-state index contributed by atoms with van der Waals surface area (Å²) in [6.45, 7) is 4.96. The highest BCUT2D eigenvalue weighted by atomic mass is 16.5. The van der Waals surface area contributed by atoms with Crippen LogP contribution in [-0.2, 0) is 9.53 Å². The summed E-state index contributed by atoms with van der Waals surface area (Å²) in [6.07, 6.45) is 1.95. The van der Waals surface area contributed by atoms with Crippen LogP contribution >= 0.6 is 0 Å². The monoisotopic (exact) mass is 409 g/mol. The fourth-order valence-electron chi connectivity index (χ4n) is 3.15. The number of nitrogens with one attached hydrogen (secondary N) is 2. The molecule has 0 aliphatic carbocycles. The second-order valence-electron chi connectivity index (χ2n) is 7.70. The fraction of sp³-hybridized carbons (Fsp3) is 0.348. The molecule has 30 heavy (non-hydrogen) atoms. The summed E-state index contributed by atoms with van der Waals surface area (Å²) < 4.78 is 5.10. The minimum absolute atomic E-state index is 0.120. The van der Waals surface area contributed by atoms with Crippen molar-refractivity contribution in [2.24, 2.45) is 5.92 Å². The lowest BCUT2D eigenvalue weighted by Gasteiger charge is -2.26. The highest BCUT2D eigenvalue weighted by Crippen LogP contribution is 2.22. The van der Waals surface area contributed by atoms with E-state index in [1.165, 1.54) is 0 Å². The number of hydrogen-bond acceptors (Lipinski definition) is 4. The van der Waals surface area contributed by atoms with Gasteiger partial charge in [-0.05, 0) is 61.2 Å². The van der Waals surface area contributed by atoms with Gasteiger partial charge in [0.25, 0.3) is 5.91 Å². The molecule has 2 aromatic rings. The standard InChI is InChI=1S/C23H27N3O4/c1-16(2)15-30-23(29)25-19-7-5-6-18(14-19)24-22(28)17-9-11-20(12-10-17)26-13-4-3-8-21(26)27/h5-7,9-12,14,16H,3-4,8,13,15H2,1-2H3,(H,24,28)(H,25,29). The molecule has 0 unspecified atom stereocenters. The molecule has 2 aromatic carbocycles. The number of rotatable bonds is 6. The first-order valence-corrected chi connectivity index (χ1v) is 10.2. The molecule has 7 heteroatoms. The summed E-state index contributed by atoms with van der Waals surface area (Å²) in [5, 5.41) is 5.47. The maximum Gasteiger partial charge on any atom is 0.411 e. The molecule has 7 nitrogen and oxygen atoms in total. The van der Waals surface area contributed by atoms with Crippen LogP contribution in [0.4, 0.5) is 21.9 Å². The van der Waals surface area contributed by atoms with Crippen LogP contribution < -0.4 is 15.5 Å². The van der Waals surface area contributed by atoms with E-state index in [1.54, 1.807) is 53.4 Å². The average molecular weight is 409 g/mol. The Labute approximate surface area is 176 Å². The van der Waals surface area contributed by atoms with Crippen molar-refractivity contribution in [1.29, 1.82) is 0 Å². The summed E-state index contributed by atoms with van der Waals surface area (Å²) in [4.78, 5) is 38.2. The Hall–Kier alpha value is -3.35. The predicted octanol–water partition coefficient (Wildman–Crippen LogP) is 4.66. The van der Waals surface area contributed by atoms with Gasteiger partial charge >= 0.3 is 6.09 Å². The summed E-state index contributed by atoms with van der Waals surface area (Å²) >= 11 is 0. The number of anilines is 3. The van der Waals surface area contributed by atoms with Crippen molar-refractivity contribution in [2.45, 2.75) is 33.1 Å². The van der Waals surface area contributed by atoms with E-state index < -0.39 is 6.09 Å². The topological polar surface area (TPSA) is 87.7 Å². The Balaban J connectivity index is 1.60. The molecule has 0 bridgehead atoms. The van der Waals surface area contributed by atoms with Crippen molar-refractivity contribution >= 4 is 35.0 Å². The lowest BCUT2D eigenvalue weighted by Crippen LogP contribution is -2.35. The van der Waals surface area contributed by atoms with Gasteiger partial charge in [0, 0.05) is 35.6 Å². The fourth-order valence-corrected chi connectivity index (χ4v) is 3.15. The first-order chi connectivity index (χ1) is 14.4. The van der Waals surface area contributed by atoms with Crippen molar-refractivity contribution in [2.75, 3.05) is 28.7 Å². The van der Waals surface area contributed by atoms with Crippen LogP contribution in [-0.4, -0.2) is 31.1 Å². The van der Waals surface area contributed by atoms with Crippen LogP contribution in [0.1, 0.15) is 43.5 Å². The summed E-state index contributed by atoms with van der Waals surface area (Å²) in [6, 6.07) is 13.9. The smallest absolute Gasteiger partial charge is 0.411 e. The van der Waals surface area contributed by atoms with Crippen LogP contribution in [0.3, 0.4) is 0 Å². The van der Waals surface area contributed by atoms with Crippen molar-refractivity contribution in [3.63, 3.8) is 0 Å². The number of ether oxygens (including phenoxy) is 1. The van der Waals surface area contributed by atoms with E-state index in [4.69, 9.17) is 4.74 Å². The van der Waals surface area contributed by atoms with Gasteiger partial charge in [-0.3, -0.25) is 14.9 Å². The molecule has 0 aromatic heterocycles. The predicted molar refractivity (Wildman–Crippen MR) is 117 cm³/mol. The highest BCUT2D eigenvalue weighted by Gasteiger charge is 2.19. The molecule has 1 fully saturated rings. The highest BCUT2D eigenvalue weighted by molar-refractivity contribution is 6.05. The molecule has 0 spiro atoms. The number of benzene rings is 2. The number of carbonyl (C=O) groups is 3. The number of nitrogens with zero attached hydrogens (tertiary/aromatic N) is 1. The molecule has 1 heterocycles. The van der Waals surface area contributed by atoms with Gasteiger partial charge in [-0.25, -0.2) is 4.79 Å². The van der Waals surface area contributed by atoms with E-state index in [-0.39, 0.29) is 17.7 Å². The van der Waals surface area contributed by atoms with Crippen LogP contribution in [0.2, 0.25) is 0 Å². The normalized spacial score (nSPS) is 13.8. The zero-order valence-electron chi connectivity index (χ0n) is 17.3. The third kappa shape index (κ3) is 5.83. The van der Waals surface area contributed by atoms with E-state index in [1.807, 2.05) is 13.8 Å². The molecular formula is C23H27N3O4. The summed E-state index contributed by atoms with van der Waals surface area (Å²) in [5.41, 5.74) is 2.37. The van der Waals surface area contributed by atoms with E-state index in [0.717, 1.165) is 18.5 Å². The Morgan fingerprint density at radius 2 is 1.73 bits per heavy atom. The van der Waals surface area contributed by atoms with E-state index in [9.17, 15) is 14.4 Å². The quantitative estimate of drug-likeness (QED) is 0.726. The molecule has 1 aliphatic heterocycles. The first kappa shape index (κ1) is 21.4.